The minimum Gasteiger partial charge on any atom is -0.497 e. The first-order chi connectivity index (χ1) is 23.0. The highest BCUT2D eigenvalue weighted by molar-refractivity contribution is 5.89. The summed E-state index contributed by atoms with van der Waals surface area (Å²) in [7, 11) is 3.39. The van der Waals surface area contributed by atoms with Gasteiger partial charge in [0.2, 0.25) is 0 Å². The van der Waals surface area contributed by atoms with E-state index in [4.69, 9.17) is 19.4 Å². The highest BCUT2D eigenvalue weighted by Gasteiger charge is 2.45. The van der Waals surface area contributed by atoms with Crippen LogP contribution in [-0.2, 0) is 6.54 Å². The number of ether oxygens (including phenoxy) is 2. The lowest BCUT2D eigenvalue weighted by molar-refractivity contribution is 0.163. The summed E-state index contributed by atoms with van der Waals surface area (Å²) in [6.45, 7) is 6.94. The Morgan fingerprint density at radius 1 is 0.957 bits per heavy atom. The third-order valence-electron chi connectivity index (χ3n) is 10.4. The standard InChI is InChI=1S/C37H44N8O2/c1-24-30(15-19-38-35(24)40-22-26-7-11-28(46-3)12-8-26)33-34-36(44-43-33)42-32(23-39-34)45-20-17-37(18-21-45)16-5-6-31(37)41-25(2)27-9-13-29(47-4)14-10-27/h7-15,19,23,25,31,41H,5-6,16-18,20-22H2,1-4H3,(H,38,40)(H,42,43,44)/t25-,31-/m1/s1. The number of rotatable bonds is 10. The first kappa shape index (κ1) is 30.9. The van der Waals surface area contributed by atoms with Crippen molar-refractivity contribution in [3.63, 3.8) is 0 Å². The maximum atomic E-state index is 5.35. The largest absolute Gasteiger partial charge is 0.497 e. The van der Waals surface area contributed by atoms with Crippen molar-refractivity contribution >= 4 is 22.8 Å². The summed E-state index contributed by atoms with van der Waals surface area (Å²) >= 11 is 0. The molecule has 3 aromatic heterocycles. The van der Waals surface area contributed by atoms with Crippen LogP contribution in [0.15, 0.2) is 67.0 Å². The SMILES string of the molecule is COc1ccc(CNc2nccc(-c3n[nH]c4nc(N5CCC6(CCC[C@H]6N[C@H](C)c6ccc(OC)cc6)CC5)cnc34)c2C)cc1. The molecule has 0 amide bonds. The fourth-order valence-corrected chi connectivity index (χ4v) is 7.50. The average molecular weight is 633 g/mol. The van der Waals surface area contributed by atoms with Gasteiger partial charge in [-0.25, -0.2) is 15.0 Å². The zero-order valence-electron chi connectivity index (χ0n) is 27.7. The molecule has 5 aromatic rings. The van der Waals surface area contributed by atoms with Crippen molar-refractivity contribution in [2.75, 3.05) is 37.5 Å². The molecule has 1 saturated heterocycles. The number of nitrogens with one attached hydrogen (secondary N) is 3. The summed E-state index contributed by atoms with van der Waals surface area (Å²) in [5, 5.41) is 15.3. The Kier molecular flexibility index (Phi) is 8.68. The highest BCUT2D eigenvalue weighted by atomic mass is 16.5. The zero-order chi connectivity index (χ0) is 32.4. The molecule has 10 heteroatoms. The molecule has 1 saturated carbocycles. The number of aromatic nitrogens is 5. The first-order valence-corrected chi connectivity index (χ1v) is 16.7. The van der Waals surface area contributed by atoms with E-state index < -0.39 is 0 Å². The predicted molar refractivity (Wildman–Crippen MR) is 186 cm³/mol. The Labute approximate surface area is 276 Å². The van der Waals surface area contributed by atoms with Crippen LogP contribution < -0.4 is 25.0 Å². The predicted octanol–water partition coefficient (Wildman–Crippen LogP) is 6.84. The van der Waals surface area contributed by atoms with Gasteiger partial charge in [-0.2, -0.15) is 5.10 Å². The van der Waals surface area contributed by atoms with Gasteiger partial charge in [-0.1, -0.05) is 30.7 Å². The Bertz CT molecular complexity index is 1810. The van der Waals surface area contributed by atoms with Crippen molar-refractivity contribution in [3.8, 4) is 22.8 Å². The molecule has 0 unspecified atom stereocenters. The molecule has 47 heavy (non-hydrogen) atoms. The molecule has 3 N–H and O–H groups in total. The first-order valence-electron chi connectivity index (χ1n) is 16.7. The summed E-state index contributed by atoms with van der Waals surface area (Å²) in [5.74, 6) is 3.47. The number of anilines is 2. The number of H-pyrrole nitrogens is 1. The second-order valence-corrected chi connectivity index (χ2v) is 13.0. The van der Waals surface area contributed by atoms with Gasteiger partial charge in [0.05, 0.1) is 20.4 Å². The average Bonchev–Trinajstić information content (AvgIpc) is 3.71. The van der Waals surface area contributed by atoms with Gasteiger partial charge in [-0.05, 0) is 86.4 Å². The van der Waals surface area contributed by atoms with E-state index in [1.807, 2.05) is 30.6 Å². The molecule has 4 heterocycles. The van der Waals surface area contributed by atoms with Crippen LogP contribution in [0, 0.1) is 12.3 Å². The quantitative estimate of drug-likeness (QED) is 0.152. The van der Waals surface area contributed by atoms with Crippen LogP contribution in [0.3, 0.4) is 0 Å². The third kappa shape index (κ3) is 6.22. The van der Waals surface area contributed by atoms with Crippen molar-refractivity contribution in [2.24, 2.45) is 5.41 Å². The Morgan fingerprint density at radius 2 is 1.68 bits per heavy atom. The topological polar surface area (TPSA) is 113 Å². The fraction of sp³-hybridized carbons (Fsp3) is 0.405. The Hall–Kier alpha value is -4.70. The molecule has 2 fully saturated rings. The Morgan fingerprint density at radius 3 is 2.40 bits per heavy atom. The molecular weight excluding hydrogens is 588 g/mol. The van der Waals surface area contributed by atoms with E-state index in [9.17, 15) is 0 Å². The van der Waals surface area contributed by atoms with Crippen molar-refractivity contribution in [1.82, 2.24) is 30.5 Å². The lowest BCUT2D eigenvalue weighted by Gasteiger charge is -2.44. The normalized spacial score (nSPS) is 18.0. The lowest BCUT2D eigenvalue weighted by atomic mass is 9.73. The molecule has 10 nitrogen and oxygen atoms in total. The van der Waals surface area contributed by atoms with Gasteiger partial charge in [-0.15, -0.1) is 0 Å². The van der Waals surface area contributed by atoms with E-state index >= 15 is 0 Å². The molecule has 2 atom stereocenters. The number of pyridine rings is 1. The summed E-state index contributed by atoms with van der Waals surface area (Å²) < 4.78 is 10.6. The van der Waals surface area contributed by atoms with Crippen molar-refractivity contribution < 1.29 is 9.47 Å². The lowest BCUT2D eigenvalue weighted by Crippen LogP contribution is -2.49. The molecule has 0 radical (unpaired) electrons. The van der Waals surface area contributed by atoms with E-state index in [1.165, 1.54) is 24.8 Å². The second-order valence-electron chi connectivity index (χ2n) is 13.0. The second kappa shape index (κ2) is 13.2. The van der Waals surface area contributed by atoms with Gasteiger partial charge in [0.15, 0.2) is 5.65 Å². The summed E-state index contributed by atoms with van der Waals surface area (Å²) in [6, 6.07) is 19.3. The number of benzene rings is 2. The molecule has 2 aromatic carbocycles. The van der Waals surface area contributed by atoms with Gasteiger partial charge in [0.1, 0.15) is 34.3 Å². The molecule has 244 valence electrons. The van der Waals surface area contributed by atoms with Gasteiger partial charge >= 0.3 is 0 Å². The maximum Gasteiger partial charge on any atom is 0.177 e. The van der Waals surface area contributed by atoms with Crippen LogP contribution in [0.4, 0.5) is 11.6 Å². The zero-order valence-corrected chi connectivity index (χ0v) is 27.7. The third-order valence-corrected chi connectivity index (χ3v) is 10.4. The smallest absolute Gasteiger partial charge is 0.177 e. The van der Waals surface area contributed by atoms with Crippen molar-refractivity contribution in [2.45, 2.75) is 64.6 Å². The number of piperidine rings is 1. The number of hydrogen-bond acceptors (Lipinski definition) is 9. The number of nitrogens with zero attached hydrogens (tertiary/aromatic N) is 5. The molecule has 0 bridgehead atoms. The van der Waals surface area contributed by atoms with E-state index in [1.54, 1.807) is 14.2 Å². The van der Waals surface area contributed by atoms with E-state index in [2.05, 4.69) is 81.0 Å². The van der Waals surface area contributed by atoms with Crippen LogP contribution in [0.5, 0.6) is 11.5 Å². The van der Waals surface area contributed by atoms with Crippen LogP contribution in [0.25, 0.3) is 22.4 Å². The minimum absolute atomic E-state index is 0.297. The van der Waals surface area contributed by atoms with E-state index in [0.29, 0.717) is 29.7 Å². The van der Waals surface area contributed by atoms with Crippen LogP contribution in [-0.4, -0.2) is 58.5 Å². The van der Waals surface area contributed by atoms with Crippen molar-refractivity contribution in [1.29, 1.82) is 0 Å². The van der Waals surface area contributed by atoms with Crippen molar-refractivity contribution in [3.05, 3.63) is 83.7 Å². The Balaban J connectivity index is 1.02. The summed E-state index contributed by atoms with van der Waals surface area (Å²) in [4.78, 5) is 16.9. The van der Waals surface area contributed by atoms with Gasteiger partial charge in [0, 0.05) is 49.0 Å². The minimum atomic E-state index is 0.297. The number of methoxy groups -OCH3 is 2. The summed E-state index contributed by atoms with van der Waals surface area (Å²) in [5.41, 5.74) is 7.03. The molecule has 2 aliphatic rings. The molecule has 1 aliphatic heterocycles. The number of fused-ring (bicyclic) bond motifs is 1. The summed E-state index contributed by atoms with van der Waals surface area (Å²) in [6.07, 6.45) is 9.82. The fourth-order valence-electron chi connectivity index (χ4n) is 7.50. The highest BCUT2D eigenvalue weighted by Crippen LogP contribution is 2.47. The van der Waals surface area contributed by atoms with E-state index in [-0.39, 0.29) is 0 Å². The molecule has 7 rings (SSSR count). The molecular formula is C37H44N8O2. The van der Waals surface area contributed by atoms with E-state index in [0.717, 1.165) is 77.0 Å². The monoisotopic (exact) mass is 632 g/mol. The van der Waals surface area contributed by atoms with Gasteiger partial charge < -0.3 is 25.0 Å². The van der Waals surface area contributed by atoms with Crippen LogP contribution in [0.1, 0.15) is 61.8 Å². The van der Waals surface area contributed by atoms with Crippen LogP contribution >= 0.6 is 0 Å². The number of aromatic amines is 1. The van der Waals surface area contributed by atoms with Crippen LogP contribution in [0.2, 0.25) is 0 Å². The van der Waals surface area contributed by atoms with Gasteiger partial charge in [-0.3, -0.25) is 5.10 Å². The molecule has 1 spiro atoms. The van der Waals surface area contributed by atoms with Gasteiger partial charge in [0.25, 0.3) is 0 Å². The number of hydrogen-bond donors (Lipinski definition) is 3. The maximum absolute atomic E-state index is 5.35. The molecule has 1 aliphatic carbocycles.